The molecule has 0 unspecified atom stereocenters. The molecule has 0 fully saturated rings. The minimum Gasteiger partial charge on any atom is -0.399 e. The molecule has 104 valence electrons. The van der Waals surface area contributed by atoms with Crippen LogP contribution in [0.1, 0.15) is 16.4 Å². The summed E-state index contributed by atoms with van der Waals surface area (Å²) in [4.78, 5) is 0.122. The Labute approximate surface area is 114 Å². The summed E-state index contributed by atoms with van der Waals surface area (Å²) in [5.74, 6) is -1.11. The molecule has 3 rings (SSSR count). The minimum atomic E-state index is -4.57. The first kappa shape index (κ1) is 12.9. The Balaban J connectivity index is 1.96. The van der Waals surface area contributed by atoms with Gasteiger partial charge in [-0.3, -0.25) is 0 Å². The van der Waals surface area contributed by atoms with Gasteiger partial charge in [0.05, 0.1) is 0 Å². The van der Waals surface area contributed by atoms with Crippen molar-refractivity contribution in [3.05, 3.63) is 40.7 Å². The van der Waals surface area contributed by atoms with Gasteiger partial charge in [-0.25, -0.2) is 0 Å². The monoisotopic (exact) mass is 299 g/mol. The van der Waals surface area contributed by atoms with Gasteiger partial charge >= 0.3 is 6.18 Å². The summed E-state index contributed by atoms with van der Waals surface area (Å²) in [5, 5.41) is 11.0. The molecule has 0 radical (unpaired) electrons. The summed E-state index contributed by atoms with van der Waals surface area (Å²) in [6.45, 7) is 0. The number of alkyl halides is 3. The zero-order valence-electron chi connectivity index (χ0n) is 9.92. The van der Waals surface area contributed by atoms with Crippen LogP contribution >= 0.6 is 11.3 Å². The van der Waals surface area contributed by atoms with E-state index in [1.165, 1.54) is 0 Å². The molecule has 0 saturated carbocycles. The van der Waals surface area contributed by atoms with Crippen molar-refractivity contribution in [1.82, 2.24) is 19.8 Å². The van der Waals surface area contributed by atoms with E-state index in [0.717, 1.165) is 21.4 Å². The van der Waals surface area contributed by atoms with E-state index in [0.29, 0.717) is 17.1 Å². The van der Waals surface area contributed by atoms with Crippen LogP contribution in [0.25, 0.3) is 4.96 Å². The van der Waals surface area contributed by atoms with Crippen molar-refractivity contribution in [2.24, 2.45) is 0 Å². The summed E-state index contributed by atoms with van der Waals surface area (Å²) >= 11 is 1.07. The maximum atomic E-state index is 12.7. The average molecular weight is 299 g/mol. The highest BCUT2D eigenvalue weighted by atomic mass is 32.1. The number of hydrogen-bond donors (Lipinski definition) is 1. The first-order valence-corrected chi connectivity index (χ1v) is 6.38. The third-order valence-electron chi connectivity index (χ3n) is 2.59. The van der Waals surface area contributed by atoms with Gasteiger partial charge in [0.15, 0.2) is 0 Å². The Hall–Kier alpha value is -2.16. The fourth-order valence-corrected chi connectivity index (χ4v) is 2.65. The SMILES string of the molecule is Nc1cccc(Cc2nn3c(C(F)(F)F)nnc3s2)c1. The van der Waals surface area contributed by atoms with Gasteiger partial charge in [-0.05, 0) is 17.7 Å². The Bertz CT molecular complexity index is 761. The number of fused-ring (bicyclic) bond motifs is 1. The van der Waals surface area contributed by atoms with Crippen molar-refractivity contribution in [3.8, 4) is 0 Å². The van der Waals surface area contributed by atoms with Gasteiger partial charge < -0.3 is 5.73 Å². The van der Waals surface area contributed by atoms with Crippen molar-refractivity contribution in [2.45, 2.75) is 12.6 Å². The first-order valence-electron chi connectivity index (χ1n) is 5.56. The lowest BCUT2D eigenvalue weighted by atomic mass is 10.1. The van der Waals surface area contributed by atoms with E-state index in [4.69, 9.17) is 5.73 Å². The summed E-state index contributed by atoms with van der Waals surface area (Å²) < 4.78 is 38.7. The maximum Gasteiger partial charge on any atom is 0.453 e. The molecule has 20 heavy (non-hydrogen) atoms. The smallest absolute Gasteiger partial charge is 0.399 e. The summed E-state index contributed by atoms with van der Waals surface area (Å²) in [5.41, 5.74) is 7.13. The third kappa shape index (κ3) is 2.31. The molecular weight excluding hydrogens is 291 g/mol. The Kier molecular flexibility index (Phi) is 2.85. The zero-order chi connectivity index (χ0) is 14.3. The van der Waals surface area contributed by atoms with E-state index in [9.17, 15) is 13.2 Å². The number of nitrogen functional groups attached to an aromatic ring is 1. The second-order valence-electron chi connectivity index (χ2n) is 4.13. The van der Waals surface area contributed by atoms with Crippen LogP contribution < -0.4 is 5.73 Å². The molecule has 0 aliphatic heterocycles. The van der Waals surface area contributed by atoms with Crippen LogP contribution in [0.2, 0.25) is 0 Å². The van der Waals surface area contributed by atoms with Gasteiger partial charge in [-0.1, -0.05) is 23.5 Å². The van der Waals surface area contributed by atoms with Gasteiger partial charge in [-0.2, -0.15) is 22.8 Å². The maximum absolute atomic E-state index is 12.7. The van der Waals surface area contributed by atoms with E-state index in [1.807, 2.05) is 6.07 Å². The Morgan fingerprint density at radius 2 is 2.05 bits per heavy atom. The molecule has 0 saturated heterocycles. The van der Waals surface area contributed by atoms with E-state index < -0.39 is 12.0 Å². The van der Waals surface area contributed by atoms with Gasteiger partial charge in [0.25, 0.3) is 5.82 Å². The number of anilines is 1. The quantitative estimate of drug-likeness (QED) is 0.738. The van der Waals surface area contributed by atoms with Crippen LogP contribution in [-0.2, 0) is 12.6 Å². The third-order valence-corrected chi connectivity index (χ3v) is 3.49. The average Bonchev–Trinajstić information content (AvgIpc) is 2.86. The lowest BCUT2D eigenvalue weighted by Crippen LogP contribution is -2.11. The number of halogens is 3. The molecule has 1 aromatic carbocycles. The van der Waals surface area contributed by atoms with Crippen molar-refractivity contribution < 1.29 is 13.2 Å². The number of hydrogen-bond acceptors (Lipinski definition) is 5. The Morgan fingerprint density at radius 3 is 2.75 bits per heavy atom. The van der Waals surface area contributed by atoms with Crippen molar-refractivity contribution in [1.29, 1.82) is 0 Å². The molecular formula is C11H8F3N5S. The molecule has 3 aromatic rings. The summed E-state index contributed by atoms with van der Waals surface area (Å²) in [7, 11) is 0. The van der Waals surface area contributed by atoms with E-state index >= 15 is 0 Å². The molecule has 9 heteroatoms. The van der Waals surface area contributed by atoms with Crippen molar-refractivity contribution >= 4 is 22.0 Å². The van der Waals surface area contributed by atoms with Crippen LogP contribution in [-0.4, -0.2) is 19.8 Å². The second kappa shape index (κ2) is 4.44. The van der Waals surface area contributed by atoms with Crippen molar-refractivity contribution in [3.63, 3.8) is 0 Å². The van der Waals surface area contributed by atoms with Gasteiger partial charge in [0.2, 0.25) is 4.96 Å². The highest BCUT2D eigenvalue weighted by molar-refractivity contribution is 7.16. The molecule has 2 N–H and O–H groups in total. The molecule has 0 amide bonds. The standard InChI is InChI=1S/C11H8F3N5S/c12-11(13,14)9-16-17-10-19(9)18-8(20-10)5-6-2-1-3-7(15)4-6/h1-4H,5,15H2. The topological polar surface area (TPSA) is 69.1 Å². The molecule has 0 aliphatic carbocycles. The molecule has 2 heterocycles. The molecule has 0 aliphatic rings. The van der Waals surface area contributed by atoms with Crippen LogP contribution in [0.3, 0.4) is 0 Å². The van der Waals surface area contributed by atoms with E-state index in [2.05, 4.69) is 15.3 Å². The number of aromatic nitrogens is 4. The largest absolute Gasteiger partial charge is 0.453 e. The molecule has 0 spiro atoms. The van der Waals surface area contributed by atoms with Crippen molar-refractivity contribution in [2.75, 3.05) is 5.73 Å². The lowest BCUT2D eigenvalue weighted by Gasteiger charge is -2.01. The van der Waals surface area contributed by atoms with Crippen LogP contribution in [0, 0.1) is 0 Å². The highest BCUT2D eigenvalue weighted by Gasteiger charge is 2.38. The van der Waals surface area contributed by atoms with Crippen LogP contribution in [0.5, 0.6) is 0 Å². The number of nitrogens with zero attached hydrogens (tertiary/aromatic N) is 4. The Morgan fingerprint density at radius 1 is 1.25 bits per heavy atom. The first-order chi connectivity index (χ1) is 9.43. The lowest BCUT2D eigenvalue weighted by molar-refractivity contribution is -0.146. The molecule has 0 bridgehead atoms. The van der Waals surface area contributed by atoms with Crippen LogP contribution in [0.4, 0.5) is 18.9 Å². The van der Waals surface area contributed by atoms with Crippen LogP contribution in [0.15, 0.2) is 24.3 Å². The number of benzene rings is 1. The normalized spacial score (nSPS) is 12.2. The zero-order valence-corrected chi connectivity index (χ0v) is 10.7. The predicted octanol–water partition coefficient (Wildman–Crippen LogP) is 2.38. The molecule has 5 nitrogen and oxygen atoms in total. The van der Waals surface area contributed by atoms with Gasteiger partial charge in [0, 0.05) is 12.1 Å². The molecule has 2 aromatic heterocycles. The highest BCUT2D eigenvalue weighted by Crippen LogP contribution is 2.29. The minimum absolute atomic E-state index is 0.122. The fourth-order valence-electron chi connectivity index (χ4n) is 1.78. The fraction of sp³-hybridized carbons (Fsp3) is 0.182. The predicted molar refractivity (Wildman–Crippen MR) is 67.3 cm³/mol. The number of nitrogens with two attached hydrogens (primary N) is 1. The number of rotatable bonds is 2. The second-order valence-corrected chi connectivity index (χ2v) is 5.17. The molecule has 0 atom stereocenters. The summed E-state index contributed by atoms with van der Waals surface area (Å²) in [6.07, 6.45) is -4.17. The van der Waals surface area contributed by atoms with E-state index in [1.54, 1.807) is 18.2 Å². The summed E-state index contributed by atoms with van der Waals surface area (Å²) in [6, 6.07) is 7.12. The van der Waals surface area contributed by atoms with Gasteiger partial charge in [-0.15, -0.1) is 10.2 Å². The van der Waals surface area contributed by atoms with E-state index in [-0.39, 0.29) is 4.96 Å². The van der Waals surface area contributed by atoms with Gasteiger partial charge in [0.1, 0.15) is 5.01 Å².